The van der Waals surface area contributed by atoms with Gasteiger partial charge in [-0.15, -0.1) is 0 Å². The molecule has 1 aromatic carbocycles. The third kappa shape index (κ3) is 10.0. The van der Waals surface area contributed by atoms with Crippen LogP contribution in [0.15, 0.2) is 53.0 Å². The summed E-state index contributed by atoms with van der Waals surface area (Å²) in [5.74, 6) is 0. The van der Waals surface area contributed by atoms with E-state index in [1.54, 1.807) is 4.47 Å². The average Bonchev–Trinajstić information content (AvgIpc) is 2.78. The molecular formula is C14H16F6FeP. The summed E-state index contributed by atoms with van der Waals surface area (Å²) >= 11 is 1.16. The van der Waals surface area contributed by atoms with Crippen molar-refractivity contribution in [2.75, 3.05) is 0 Å². The summed E-state index contributed by atoms with van der Waals surface area (Å²) in [6.45, 7) is 4.64. The van der Waals surface area contributed by atoms with Crippen molar-refractivity contribution in [1.29, 1.82) is 0 Å². The van der Waals surface area contributed by atoms with E-state index in [0.717, 1.165) is 21.4 Å². The molecule has 0 saturated carbocycles. The second-order valence-corrected chi connectivity index (χ2v) is 9.37. The van der Waals surface area contributed by atoms with Crippen LogP contribution in [0.5, 0.6) is 0 Å². The molecule has 0 saturated heterocycles. The summed E-state index contributed by atoms with van der Waals surface area (Å²) in [5.41, 5.74) is 1.43. The van der Waals surface area contributed by atoms with Gasteiger partial charge in [-0.05, 0) is 0 Å². The van der Waals surface area contributed by atoms with E-state index in [2.05, 4.69) is 62.4 Å². The number of hydrogen-bond acceptors (Lipinski definition) is 0. The standard InChI is InChI=1S/C9H11.C5H5.F6P.Fe/c1-8(2)9-6-4-3-5-7-9;1-2-4-5-3-1;1-7(2,3,4,5)6;/h3-7H,1-2H3;1-3H,4H2;;/q;;-1;+1. The van der Waals surface area contributed by atoms with Crippen molar-refractivity contribution in [2.24, 2.45) is 0 Å². The molecule has 1 aliphatic rings. The third-order valence-electron chi connectivity index (χ3n) is 2.50. The Morgan fingerprint density at radius 3 is 1.86 bits per heavy atom. The molecule has 8 heteroatoms. The Morgan fingerprint density at radius 1 is 0.955 bits per heavy atom. The molecule has 22 heavy (non-hydrogen) atoms. The molecular weight excluding hydrogens is 369 g/mol. The maximum atomic E-state index is 9.87. The van der Waals surface area contributed by atoms with Crippen LogP contribution in [-0.2, 0) is 19.3 Å². The van der Waals surface area contributed by atoms with Crippen LogP contribution in [0.2, 0.25) is 0 Å². The van der Waals surface area contributed by atoms with E-state index in [1.807, 2.05) is 0 Å². The number of rotatable bonds is 3. The summed E-state index contributed by atoms with van der Waals surface area (Å²) in [5, 5.41) is 0. The summed E-state index contributed by atoms with van der Waals surface area (Å²) < 4.78 is 61.0. The van der Waals surface area contributed by atoms with Crippen molar-refractivity contribution in [1.82, 2.24) is 0 Å². The van der Waals surface area contributed by atoms with Gasteiger partial charge < -0.3 is 0 Å². The molecule has 0 heterocycles. The Kier molecular flexibility index (Phi) is 4.99. The molecule has 0 aromatic heterocycles. The zero-order valence-electron chi connectivity index (χ0n) is 11.9. The van der Waals surface area contributed by atoms with E-state index in [-0.39, 0.29) is 4.31 Å². The van der Waals surface area contributed by atoms with Gasteiger partial charge in [-0.1, -0.05) is 0 Å². The molecule has 0 amide bonds. The van der Waals surface area contributed by atoms with E-state index in [9.17, 15) is 25.2 Å². The Labute approximate surface area is 131 Å². The van der Waals surface area contributed by atoms with Crippen LogP contribution in [-0.4, -0.2) is 0 Å². The maximum absolute atomic E-state index is 10.7. The van der Waals surface area contributed by atoms with Crippen molar-refractivity contribution in [3.63, 3.8) is 0 Å². The fourth-order valence-electron chi connectivity index (χ4n) is 1.65. The first-order valence-corrected chi connectivity index (χ1v) is 9.38. The van der Waals surface area contributed by atoms with Gasteiger partial charge in [-0.25, -0.2) is 0 Å². The molecule has 0 N–H and O–H groups in total. The van der Waals surface area contributed by atoms with Crippen LogP contribution in [0.1, 0.15) is 25.8 Å². The first kappa shape index (κ1) is 19.3. The van der Waals surface area contributed by atoms with Gasteiger partial charge in [0.05, 0.1) is 0 Å². The SMILES string of the molecule is C[C](C)([Fe+][C]1=CC=CC1)c1ccccc1.F[P-](F)(F)(F)(F)F. The van der Waals surface area contributed by atoms with Crippen molar-refractivity contribution >= 4 is 7.81 Å². The van der Waals surface area contributed by atoms with Crippen LogP contribution in [0.25, 0.3) is 0 Å². The van der Waals surface area contributed by atoms with Crippen LogP contribution in [0.3, 0.4) is 0 Å². The monoisotopic (exact) mass is 385 g/mol. The molecule has 0 spiro atoms. The van der Waals surface area contributed by atoms with Gasteiger partial charge in [0, 0.05) is 0 Å². The molecule has 127 valence electrons. The topological polar surface area (TPSA) is 0 Å². The Balaban J connectivity index is 0.000000295. The van der Waals surface area contributed by atoms with E-state index in [4.69, 9.17) is 0 Å². The van der Waals surface area contributed by atoms with Crippen molar-refractivity contribution in [3.8, 4) is 0 Å². The predicted molar refractivity (Wildman–Crippen MR) is 74.9 cm³/mol. The summed E-state index contributed by atoms with van der Waals surface area (Å²) in [4.78, 5) is 0. The first-order chi connectivity index (χ1) is 9.63. The van der Waals surface area contributed by atoms with Gasteiger partial charge in [-0.2, -0.15) is 0 Å². The molecule has 0 radical (unpaired) electrons. The molecule has 1 aromatic rings. The predicted octanol–water partition coefficient (Wildman–Crippen LogP) is 7.23. The molecule has 2 rings (SSSR count). The van der Waals surface area contributed by atoms with Crippen LogP contribution >= 0.6 is 7.81 Å². The average molecular weight is 385 g/mol. The Hall–Kier alpha value is -0.771. The summed E-state index contributed by atoms with van der Waals surface area (Å²) in [7, 11) is -10.7. The minimum absolute atomic E-state index is 0.249. The molecule has 0 aliphatic heterocycles. The zero-order chi connectivity index (χ0) is 17.1. The van der Waals surface area contributed by atoms with Crippen LogP contribution in [0, 0.1) is 0 Å². The van der Waals surface area contributed by atoms with Crippen molar-refractivity contribution in [3.05, 3.63) is 58.6 Å². The van der Waals surface area contributed by atoms with E-state index >= 15 is 0 Å². The van der Waals surface area contributed by atoms with E-state index in [0.29, 0.717) is 0 Å². The van der Waals surface area contributed by atoms with Gasteiger partial charge in [-0.3, -0.25) is 0 Å². The zero-order valence-corrected chi connectivity index (χ0v) is 13.9. The van der Waals surface area contributed by atoms with Gasteiger partial charge in [0.25, 0.3) is 0 Å². The number of allylic oxidation sites excluding steroid dienone is 4. The Morgan fingerprint density at radius 2 is 1.45 bits per heavy atom. The quantitative estimate of drug-likeness (QED) is 0.293. The molecule has 0 atom stereocenters. The Bertz CT molecular complexity index is 560. The van der Waals surface area contributed by atoms with E-state index < -0.39 is 7.81 Å². The normalized spacial score (nSPS) is 17.9. The fraction of sp³-hybridized carbons (Fsp3) is 0.286. The van der Waals surface area contributed by atoms with Crippen molar-refractivity contribution < 1.29 is 40.1 Å². The second-order valence-electron chi connectivity index (χ2n) is 5.08. The van der Waals surface area contributed by atoms with Gasteiger partial charge in [0.15, 0.2) is 0 Å². The van der Waals surface area contributed by atoms with Crippen molar-refractivity contribution in [2.45, 2.75) is 24.6 Å². The molecule has 0 fully saturated rings. The summed E-state index contributed by atoms with van der Waals surface area (Å²) in [6.07, 6.45) is 7.79. The third-order valence-corrected chi connectivity index (χ3v) is 4.28. The van der Waals surface area contributed by atoms with Crippen LogP contribution < -0.4 is 0 Å². The van der Waals surface area contributed by atoms with Crippen LogP contribution in [0.4, 0.5) is 25.2 Å². The molecule has 0 unspecified atom stereocenters. The molecule has 0 bridgehead atoms. The molecule has 1 aliphatic carbocycles. The second kappa shape index (κ2) is 5.70. The minimum atomic E-state index is -10.7. The molecule has 0 nitrogen and oxygen atoms in total. The van der Waals surface area contributed by atoms with Gasteiger partial charge >= 0.3 is 131 Å². The number of halogens is 6. The first-order valence-electron chi connectivity index (χ1n) is 6.25. The fourth-order valence-corrected chi connectivity index (χ4v) is 3.32. The number of benzene rings is 1. The van der Waals surface area contributed by atoms with Gasteiger partial charge in [0.1, 0.15) is 0 Å². The number of hydrogen-bond donors (Lipinski definition) is 0. The van der Waals surface area contributed by atoms with E-state index in [1.165, 1.54) is 5.56 Å². The van der Waals surface area contributed by atoms with Gasteiger partial charge in [0.2, 0.25) is 0 Å². The summed E-state index contributed by atoms with van der Waals surface area (Å²) in [6, 6.07) is 10.8.